The number of aryl methyl sites for hydroxylation is 2. The molecule has 1 saturated carbocycles. The molecule has 1 N–H and O–H groups in total. The van der Waals surface area contributed by atoms with Crippen molar-refractivity contribution in [2.24, 2.45) is 0 Å². The molecule has 1 aliphatic heterocycles. The molecule has 1 aliphatic carbocycles. The minimum absolute atomic E-state index is 0.0593. The van der Waals surface area contributed by atoms with Gasteiger partial charge in [0.15, 0.2) is 0 Å². The van der Waals surface area contributed by atoms with Crippen molar-refractivity contribution < 1.29 is 4.79 Å². The average Bonchev–Trinajstić information content (AvgIpc) is 2.50. The third kappa shape index (κ3) is 2.71. The fraction of sp³-hybridized carbons (Fsp3) is 0.611. The van der Waals surface area contributed by atoms with Crippen LogP contribution >= 0.6 is 0 Å². The minimum atomic E-state index is 0.0593. The van der Waals surface area contributed by atoms with Crippen molar-refractivity contribution in [3.63, 3.8) is 0 Å². The van der Waals surface area contributed by atoms with Gasteiger partial charge in [-0.2, -0.15) is 0 Å². The lowest BCUT2D eigenvalue weighted by Crippen LogP contribution is -2.63. The van der Waals surface area contributed by atoms with Gasteiger partial charge < -0.3 is 10.2 Å². The molecule has 0 aromatic heterocycles. The SMILES string of the molecule is Cc1ccc(C)c(C(=O)N2CCNCC23CCCCC3)c1. The molecule has 2 aliphatic rings. The molecule has 3 nitrogen and oxygen atoms in total. The molecule has 0 unspecified atom stereocenters. The number of benzene rings is 1. The number of hydrogen-bond acceptors (Lipinski definition) is 2. The Morgan fingerprint density at radius 2 is 1.95 bits per heavy atom. The summed E-state index contributed by atoms with van der Waals surface area (Å²) in [5.41, 5.74) is 3.21. The maximum absolute atomic E-state index is 13.1. The topological polar surface area (TPSA) is 32.3 Å². The number of piperazine rings is 1. The van der Waals surface area contributed by atoms with E-state index in [0.29, 0.717) is 0 Å². The van der Waals surface area contributed by atoms with Crippen molar-refractivity contribution in [1.29, 1.82) is 0 Å². The number of carbonyl (C=O) groups excluding carboxylic acids is 1. The molecule has 114 valence electrons. The Morgan fingerprint density at radius 1 is 1.19 bits per heavy atom. The van der Waals surface area contributed by atoms with E-state index in [1.165, 1.54) is 19.3 Å². The molecule has 1 saturated heterocycles. The van der Waals surface area contributed by atoms with E-state index < -0.39 is 0 Å². The largest absolute Gasteiger partial charge is 0.330 e. The van der Waals surface area contributed by atoms with Gasteiger partial charge in [-0.3, -0.25) is 4.79 Å². The molecule has 1 spiro atoms. The van der Waals surface area contributed by atoms with E-state index in [1.54, 1.807) is 0 Å². The highest BCUT2D eigenvalue weighted by Crippen LogP contribution is 2.35. The van der Waals surface area contributed by atoms with E-state index in [9.17, 15) is 4.79 Å². The molecule has 3 rings (SSSR count). The van der Waals surface area contributed by atoms with Crippen molar-refractivity contribution >= 4 is 5.91 Å². The molecule has 2 fully saturated rings. The van der Waals surface area contributed by atoms with Crippen LogP contribution in [0.2, 0.25) is 0 Å². The van der Waals surface area contributed by atoms with Gasteiger partial charge in [-0.1, -0.05) is 37.0 Å². The van der Waals surface area contributed by atoms with Gasteiger partial charge in [-0.25, -0.2) is 0 Å². The number of amides is 1. The molecular weight excluding hydrogens is 260 g/mol. The lowest BCUT2D eigenvalue weighted by atomic mass is 9.78. The second kappa shape index (κ2) is 5.80. The molecular formula is C18H26N2O. The lowest BCUT2D eigenvalue weighted by molar-refractivity contribution is 0.0222. The van der Waals surface area contributed by atoms with Crippen LogP contribution in [-0.4, -0.2) is 36.0 Å². The molecule has 0 radical (unpaired) electrons. The highest BCUT2D eigenvalue weighted by atomic mass is 16.2. The van der Waals surface area contributed by atoms with Gasteiger partial charge in [0.05, 0.1) is 5.54 Å². The van der Waals surface area contributed by atoms with Crippen molar-refractivity contribution in [2.75, 3.05) is 19.6 Å². The zero-order chi connectivity index (χ0) is 14.9. The minimum Gasteiger partial charge on any atom is -0.330 e. The Bertz CT molecular complexity index is 524. The number of carbonyl (C=O) groups is 1. The third-order valence-electron chi connectivity index (χ3n) is 5.19. The first-order chi connectivity index (χ1) is 10.1. The Kier molecular flexibility index (Phi) is 4.03. The summed E-state index contributed by atoms with van der Waals surface area (Å²) in [6.07, 6.45) is 6.11. The molecule has 1 amide bonds. The summed E-state index contributed by atoms with van der Waals surface area (Å²) >= 11 is 0. The van der Waals surface area contributed by atoms with Gasteiger partial charge in [0.2, 0.25) is 0 Å². The molecule has 1 aromatic carbocycles. The van der Waals surface area contributed by atoms with Gasteiger partial charge in [0.25, 0.3) is 5.91 Å². The Labute approximate surface area is 127 Å². The first-order valence-electron chi connectivity index (χ1n) is 8.22. The van der Waals surface area contributed by atoms with E-state index in [4.69, 9.17) is 0 Å². The second-order valence-corrected chi connectivity index (χ2v) is 6.74. The molecule has 21 heavy (non-hydrogen) atoms. The number of nitrogens with zero attached hydrogens (tertiary/aromatic N) is 1. The van der Waals surface area contributed by atoms with Gasteiger partial charge >= 0.3 is 0 Å². The molecule has 3 heteroatoms. The van der Waals surface area contributed by atoms with Crippen LogP contribution in [0.15, 0.2) is 18.2 Å². The predicted molar refractivity (Wildman–Crippen MR) is 85.6 cm³/mol. The number of nitrogens with one attached hydrogen (secondary N) is 1. The lowest BCUT2D eigenvalue weighted by Gasteiger charge is -2.50. The van der Waals surface area contributed by atoms with E-state index in [-0.39, 0.29) is 11.4 Å². The van der Waals surface area contributed by atoms with Crippen LogP contribution in [0.5, 0.6) is 0 Å². The summed E-state index contributed by atoms with van der Waals surface area (Å²) in [5.74, 6) is 0.236. The van der Waals surface area contributed by atoms with Crippen LogP contribution in [0.4, 0.5) is 0 Å². The van der Waals surface area contributed by atoms with Crippen LogP contribution < -0.4 is 5.32 Å². The fourth-order valence-corrected chi connectivity index (χ4v) is 3.93. The van der Waals surface area contributed by atoms with Crippen molar-refractivity contribution in [3.8, 4) is 0 Å². The number of rotatable bonds is 1. The average molecular weight is 286 g/mol. The maximum Gasteiger partial charge on any atom is 0.254 e. The van der Waals surface area contributed by atoms with Gasteiger partial charge in [-0.15, -0.1) is 0 Å². The van der Waals surface area contributed by atoms with Crippen LogP contribution in [-0.2, 0) is 0 Å². The highest BCUT2D eigenvalue weighted by molar-refractivity contribution is 5.96. The van der Waals surface area contributed by atoms with E-state index in [0.717, 1.165) is 49.2 Å². The second-order valence-electron chi connectivity index (χ2n) is 6.74. The van der Waals surface area contributed by atoms with Gasteiger partial charge in [0.1, 0.15) is 0 Å². The monoisotopic (exact) mass is 286 g/mol. The van der Waals surface area contributed by atoms with Gasteiger partial charge in [-0.05, 0) is 38.3 Å². The summed E-state index contributed by atoms with van der Waals surface area (Å²) in [5, 5.41) is 3.51. The Hall–Kier alpha value is -1.35. The van der Waals surface area contributed by atoms with Gasteiger partial charge in [0, 0.05) is 25.2 Å². The Balaban J connectivity index is 1.92. The predicted octanol–water partition coefficient (Wildman–Crippen LogP) is 3.05. The van der Waals surface area contributed by atoms with E-state index in [1.807, 2.05) is 6.92 Å². The molecule has 0 atom stereocenters. The van der Waals surface area contributed by atoms with Crippen molar-refractivity contribution in [2.45, 2.75) is 51.5 Å². The van der Waals surface area contributed by atoms with Crippen LogP contribution in [0.25, 0.3) is 0 Å². The maximum atomic E-state index is 13.1. The number of hydrogen-bond donors (Lipinski definition) is 1. The van der Waals surface area contributed by atoms with Crippen LogP contribution in [0, 0.1) is 13.8 Å². The Morgan fingerprint density at radius 3 is 2.71 bits per heavy atom. The summed E-state index contributed by atoms with van der Waals surface area (Å²) in [6.45, 7) is 6.82. The summed E-state index contributed by atoms with van der Waals surface area (Å²) in [6, 6.07) is 6.20. The third-order valence-corrected chi connectivity index (χ3v) is 5.19. The molecule has 0 bridgehead atoms. The van der Waals surface area contributed by atoms with Crippen molar-refractivity contribution in [3.05, 3.63) is 34.9 Å². The highest BCUT2D eigenvalue weighted by Gasteiger charge is 2.42. The molecule has 1 heterocycles. The fourth-order valence-electron chi connectivity index (χ4n) is 3.93. The summed E-state index contributed by atoms with van der Waals surface area (Å²) in [7, 11) is 0. The summed E-state index contributed by atoms with van der Waals surface area (Å²) < 4.78 is 0. The zero-order valence-corrected chi connectivity index (χ0v) is 13.2. The summed E-state index contributed by atoms with van der Waals surface area (Å²) in [4.78, 5) is 15.3. The standard InChI is InChI=1S/C18H26N2O/c1-14-6-7-15(2)16(12-14)17(21)20-11-10-19-13-18(20)8-4-3-5-9-18/h6-7,12,19H,3-5,8-11,13H2,1-2H3. The first kappa shape index (κ1) is 14.6. The van der Waals surface area contributed by atoms with Crippen LogP contribution in [0.1, 0.15) is 53.6 Å². The first-order valence-corrected chi connectivity index (χ1v) is 8.22. The van der Waals surface area contributed by atoms with Crippen LogP contribution in [0.3, 0.4) is 0 Å². The molecule has 1 aromatic rings. The van der Waals surface area contributed by atoms with Crippen molar-refractivity contribution in [1.82, 2.24) is 10.2 Å². The van der Waals surface area contributed by atoms with E-state index in [2.05, 4.69) is 35.3 Å². The smallest absolute Gasteiger partial charge is 0.254 e. The quantitative estimate of drug-likeness (QED) is 0.860. The zero-order valence-electron chi connectivity index (χ0n) is 13.2. The normalized spacial score (nSPS) is 21.5. The van der Waals surface area contributed by atoms with E-state index >= 15 is 0 Å².